The largest absolute Gasteiger partial charge is 0.461 e. The second kappa shape index (κ2) is 4.77. The first-order valence-electron chi connectivity index (χ1n) is 4.99. The summed E-state index contributed by atoms with van der Waals surface area (Å²) in [5.41, 5.74) is 2.54. The van der Waals surface area contributed by atoms with Gasteiger partial charge in [-0.3, -0.25) is 4.79 Å². The molecule has 1 aromatic heterocycles. The van der Waals surface area contributed by atoms with E-state index in [0.29, 0.717) is 18.0 Å². The zero-order valence-electron chi connectivity index (χ0n) is 9.22. The summed E-state index contributed by atoms with van der Waals surface area (Å²) in [5.74, 6) is -0.405. The van der Waals surface area contributed by atoms with Crippen molar-refractivity contribution in [2.24, 2.45) is 0 Å². The summed E-state index contributed by atoms with van der Waals surface area (Å²) in [6.07, 6.45) is 1.45. The predicted octanol–water partition coefficient (Wildman–Crippen LogP) is 1.87. The molecule has 0 unspecified atom stereocenters. The van der Waals surface area contributed by atoms with E-state index >= 15 is 0 Å². The van der Waals surface area contributed by atoms with Gasteiger partial charge in [0, 0.05) is 0 Å². The Morgan fingerprint density at radius 2 is 2.13 bits per heavy atom. The molecule has 0 aromatic carbocycles. The summed E-state index contributed by atoms with van der Waals surface area (Å²) < 4.78 is 4.88. The lowest BCUT2D eigenvalue weighted by Gasteiger charge is -2.00. The minimum atomic E-state index is -0.405. The lowest BCUT2D eigenvalue weighted by Crippen LogP contribution is -2.06. The van der Waals surface area contributed by atoms with Crippen LogP contribution in [0.25, 0.3) is 0 Å². The van der Waals surface area contributed by atoms with E-state index in [1.54, 1.807) is 6.92 Å². The van der Waals surface area contributed by atoms with Crippen LogP contribution in [-0.2, 0) is 11.2 Å². The Balaban J connectivity index is 3.14. The van der Waals surface area contributed by atoms with E-state index < -0.39 is 5.97 Å². The molecular formula is C11H15NO3. The van der Waals surface area contributed by atoms with Gasteiger partial charge in [0.2, 0.25) is 0 Å². The highest BCUT2D eigenvalue weighted by Gasteiger charge is 2.18. The number of nitrogens with one attached hydrogen (secondary N) is 1. The van der Waals surface area contributed by atoms with Crippen LogP contribution >= 0.6 is 0 Å². The maximum atomic E-state index is 11.5. The van der Waals surface area contributed by atoms with Crippen molar-refractivity contribution in [2.45, 2.75) is 27.2 Å². The van der Waals surface area contributed by atoms with Gasteiger partial charge in [0.1, 0.15) is 5.69 Å². The van der Waals surface area contributed by atoms with Gasteiger partial charge in [-0.1, -0.05) is 6.92 Å². The molecule has 15 heavy (non-hydrogen) atoms. The van der Waals surface area contributed by atoms with Gasteiger partial charge >= 0.3 is 5.97 Å². The second-order valence-electron chi connectivity index (χ2n) is 3.21. The first kappa shape index (κ1) is 11.5. The van der Waals surface area contributed by atoms with Crippen LogP contribution in [0, 0.1) is 6.92 Å². The number of aldehydes is 1. The molecule has 0 bridgehead atoms. The van der Waals surface area contributed by atoms with Crippen molar-refractivity contribution in [1.82, 2.24) is 4.98 Å². The van der Waals surface area contributed by atoms with Crippen molar-refractivity contribution in [3.05, 3.63) is 22.5 Å². The molecule has 0 radical (unpaired) electrons. The molecule has 4 heteroatoms. The molecule has 0 fully saturated rings. The molecule has 0 saturated carbocycles. The third kappa shape index (κ3) is 2.09. The SMILES string of the molecule is CCOC(=O)c1[nH]c(C=O)c(CC)c1C. The van der Waals surface area contributed by atoms with Gasteiger partial charge in [0.15, 0.2) is 6.29 Å². The fourth-order valence-corrected chi connectivity index (χ4v) is 1.62. The Hall–Kier alpha value is -1.58. The van der Waals surface area contributed by atoms with E-state index in [1.807, 2.05) is 13.8 Å². The molecule has 1 N–H and O–H groups in total. The number of hydrogen-bond acceptors (Lipinski definition) is 3. The fourth-order valence-electron chi connectivity index (χ4n) is 1.62. The number of rotatable bonds is 4. The molecule has 0 aliphatic heterocycles. The number of carbonyl (C=O) groups excluding carboxylic acids is 2. The highest BCUT2D eigenvalue weighted by molar-refractivity contribution is 5.92. The van der Waals surface area contributed by atoms with Crippen LogP contribution < -0.4 is 0 Å². The van der Waals surface area contributed by atoms with Gasteiger partial charge in [-0.25, -0.2) is 4.79 Å². The van der Waals surface area contributed by atoms with Crippen LogP contribution in [0.4, 0.5) is 0 Å². The van der Waals surface area contributed by atoms with E-state index in [9.17, 15) is 9.59 Å². The summed E-state index contributed by atoms with van der Waals surface area (Å²) in [6.45, 7) is 5.83. The molecule has 0 aliphatic rings. The Labute approximate surface area is 88.6 Å². The maximum absolute atomic E-state index is 11.5. The molecule has 0 spiro atoms. The van der Waals surface area contributed by atoms with E-state index in [2.05, 4.69) is 4.98 Å². The van der Waals surface area contributed by atoms with Crippen LogP contribution in [0.3, 0.4) is 0 Å². The number of hydrogen-bond donors (Lipinski definition) is 1. The minimum Gasteiger partial charge on any atom is -0.461 e. The van der Waals surface area contributed by atoms with Crippen molar-refractivity contribution in [2.75, 3.05) is 6.61 Å². The molecule has 1 heterocycles. The first-order valence-corrected chi connectivity index (χ1v) is 4.99. The standard InChI is InChI=1S/C11H15NO3/c1-4-8-7(3)10(11(14)15-5-2)12-9(8)6-13/h6,12H,4-5H2,1-3H3. The molecule has 1 rings (SSSR count). The van der Waals surface area contributed by atoms with Crippen LogP contribution in [0.2, 0.25) is 0 Å². The van der Waals surface area contributed by atoms with Gasteiger partial charge in [0.25, 0.3) is 0 Å². The third-order valence-electron chi connectivity index (χ3n) is 2.36. The normalized spacial score (nSPS) is 10.1. The summed E-state index contributed by atoms with van der Waals surface area (Å²) >= 11 is 0. The number of ether oxygens (including phenoxy) is 1. The average Bonchev–Trinajstić information content (AvgIpc) is 2.55. The van der Waals surface area contributed by atoms with E-state index in [1.165, 1.54) is 0 Å². The highest BCUT2D eigenvalue weighted by atomic mass is 16.5. The summed E-state index contributed by atoms with van der Waals surface area (Å²) in [5, 5.41) is 0. The van der Waals surface area contributed by atoms with E-state index in [0.717, 1.165) is 23.8 Å². The van der Waals surface area contributed by atoms with Gasteiger partial charge < -0.3 is 9.72 Å². The molecule has 0 saturated heterocycles. The van der Waals surface area contributed by atoms with Gasteiger partial charge in [0.05, 0.1) is 12.3 Å². The van der Waals surface area contributed by atoms with Gasteiger partial charge in [-0.05, 0) is 31.4 Å². The molecule has 0 atom stereocenters. The smallest absolute Gasteiger partial charge is 0.355 e. The molecule has 1 aromatic rings. The monoisotopic (exact) mass is 209 g/mol. The zero-order chi connectivity index (χ0) is 11.4. The van der Waals surface area contributed by atoms with Crippen molar-refractivity contribution in [3.8, 4) is 0 Å². The first-order chi connectivity index (χ1) is 7.15. The second-order valence-corrected chi connectivity index (χ2v) is 3.21. The Morgan fingerprint density at radius 3 is 2.53 bits per heavy atom. The number of H-pyrrole nitrogens is 1. The van der Waals surface area contributed by atoms with E-state index in [-0.39, 0.29) is 0 Å². The van der Waals surface area contributed by atoms with Crippen LogP contribution in [0.15, 0.2) is 0 Å². The fraction of sp³-hybridized carbons (Fsp3) is 0.455. The van der Waals surface area contributed by atoms with Crippen LogP contribution in [-0.4, -0.2) is 23.8 Å². The van der Waals surface area contributed by atoms with Crippen LogP contribution in [0.1, 0.15) is 46.0 Å². The number of esters is 1. The molecule has 4 nitrogen and oxygen atoms in total. The van der Waals surface area contributed by atoms with Crippen molar-refractivity contribution in [3.63, 3.8) is 0 Å². The van der Waals surface area contributed by atoms with Crippen molar-refractivity contribution in [1.29, 1.82) is 0 Å². The Morgan fingerprint density at radius 1 is 1.47 bits per heavy atom. The lowest BCUT2D eigenvalue weighted by molar-refractivity contribution is 0.0519. The van der Waals surface area contributed by atoms with Gasteiger partial charge in [-0.2, -0.15) is 0 Å². The third-order valence-corrected chi connectivity index (χ3v) is 2.36. The number of carbonyl (C=O) groups is 2. The highest BCUT2D eigenvalue weighted by Crippen LogP contribution is 2.18. The summed E-state index contributed by atoms with van der Waals surface area (Å²) in [6, 6.07) is 0. The Kier molecular flexibility index (Phi) is 3.66. The van der Waals surface area contributed by atoms with Gasteiger partial charge in [-0.15, -0.1) is 0 Å². The number of aromatic nitrogens is 1. The minimum absolute atomic E-state index is 0.329. The molecule has 0 aliphatic carbocycles. The van der Waals surface area contributed by atoms with Crippen molar-refractivity contribution < 1.29 is 14.3 Å². The predicted molar refractivity (Wildman–Crippen MR) is 56.3 cm³/mol. The van der Waals surface area contributed by atoms with E-state index in [4.69, 9.17) is 4.74 Å². The molecular weight excluding hydrogens is 194 g/mol. The molecule has 82 valence electrons. The summed E-state index contributed by atoms with van der Waals surface area (Å²) in [4.78, 5) is 25.0. The van der Waals surface area contributed by atoms with Crippen molar-refractivity contribution >= 4 is 12.3 Å². The molecule has 0 amide bonds. The summed E-state index contributed by atoms with van der Waals surface area (Å²) in [7, 11) is 0. The number of aromatic amines is 1. The zero-order valence-corrected chi connectivity index (χ0v) is 9.22. The topological polar surface area (TPSA) is 59.2 Å². The Bertz CT molecular complexity index is 379. The maximum Gasteiger partial charge on any atom is 0.355 e. The van der Waals surface area contributed by atoms with Crippen LogP contribution in [0.5, 0.6) is 0 Å². The quantitative estimate of drug-likeness (QED) is 0.608. The lowest BCUT2D eigenvalue weighted by atomic mass is 10.1. The average molecular weight is 209 g/mol.